The van der Waals surface area contributed by atoms with Gasteiger partial charge in [-0.3, -0.25) is 9.48 Å². The molecule has 6 heteroatoms. The number of carbonyl (C=O) groups is 1. The third-order valence-electron chi connectivity index (χ3n) is 4.46. The first kappa shape index (κ1) is 16.9. The van der Waals surface area contributed by atoms with Crippen LogP contribution in [0.4, 0.5) is 0 Å². The Morgan fingerprint density at radius 2 is 2.18 bits per heavy atom. The molecule has 22 heavy (non-hydrogen) atoms. The highest BCUT2D eigenvalue weighted by Gasteiger charge is 2.19. The summed E-state index contributed by atoms with van der Waals surface area (Å²) in [5, 5.41) is 7.33. The first-order valence-electron chi connectivity index (χ1n) is 8.41. The van der Waals surface area contributed by atoms with Gasteiger partial charge in [0.25, 0.3) is 0 Å². The zero-order valence-corrected chi connectivity index (χ0v) is 14.1. The standard InChI is InChI=1S/C16H29N5O/c1-13-18-14(2)21(19-13)12-6-10-17-16(22)9-8-15-7-4-5-11-20(15)3/h15H,4-12H2,1-3H3,(H,17,22)/t15-/m1/s1. The van der Waals surface area contributed by atoms with Crippen LogP contribution in [0.5, 0.6) is 0 Å². The number of amides is 1. The van der Waals surface area contributed by atoms with Crippen LogP contribution < -0.4 is 5.32 Å². The highest BCUT2D eigenvalue weighted by molar-refractivity contribution is 5.75. The van der Waals surface area contributed by atoms with Crippen LogP contribution in [0, 0.1) is 13.8 Å². The Morgan fingerprint density at radius 1 is 1.36 bits per heavy atom. The zero-order valence-electron chi connectivity index (χ0n) is 14.1. The minimum absolute atomic E-state index is 0.172. The molecule has 1 aliphatic rings. The molecule has 0 bridgehead atoms. The van der Waals surface area contributed by atoms with Crippen LogP contribution in [0.2, 0.25) is 0 Å². The molecule has 124 valence electrons. The molecular weight excluding hydrogens is 278 g/mol. The molecule has 0 spiro atoms. The lowest BCUT2D eigenvalue weighted by atomic mass is 9.98. The molecule has 1 saturated heterocycles. The van der Waals surface area contributed by atoms with Crippen molar-refractivity contribution in [1.82, 2.24) is 25.0 Å². The van der Waals surface area contributed by atoms with Gasteiger partial charge in [-0.05, 0) is 53.1 Å². The number of rotatable bonds is 7. The van der Waals surface area contributed by atoms with Crippen molar-refractivity contribution in [1.29, 1.82) is 0 Å². The highest BCUT2D eigenvalue weighted by Crippen LogP contribution is 2.18. The van der Waals surface area contributed by atoms with Crippen LogP contribution in [0.25, 0.3) is 0 Å². The third kappa shape index (κ3) is 5.09. The number of piperidine rings is 1. The van der Waals surface area contributed by atoms with Crippen LogP contribution in [-0.4, -0.2) is 51.8 Å². The smallest absolute Gasteiger partial charge is 0.220 e. The zero-order chi connectivity index (χ0) is 15.9. The summed E-state index contributed by atoms with van der Waals surface area (Å²) in [6, 6.07) is 0.584. The highest BCUT2D eigenvalue weighted by atomic mass is 16.1. The lowest BCUT2D eigenvalue weighted by molar-refractivity contribution is -0.121. The van der Waals surface area contributed by atoms with Crippen molar-refractivity contribution >= 4 is 5.91 Å². The Bertz CT molecular complexity index is 485. The Kier molecular flexibility index (Phi) is 6.36. The molecule has 1 N–H and O–H groups in total. The Balaban J connectivity index is 1.58. The van der Waals surface area contributed by atoms with Crippen LogP contribution in [-0.2, 0) is 11.3 Å². The molecule has 1 aromatic rings. The number of nitrogens with zero attached hydrogens (tertiary/aromatic N) is 4. The van der Waals surface area contributed by atoms with E-state index in [-0.39, 0.29) is 5.91 Å². The van der Waals surface area contributed by atoms with E-state index >= 15 is 0 Å². The molecule has 1 atom stereocenters. The van der Waals surface area contributed by atoms with Gasteiger partial charge in [0.1, 0.15) is 11.6 Å². The van der Waals surface area contributed by atoms with Crippen LogP contribution in [0.1, 0.15) is 50.2 Å². The summed E-state index contributed by atoms with van der Waals surface area (Å²) >= 11 is 0. The van der Waals surface area contributed by atoms with E-state index in [1.165, 1.54) is 25.8 Å². The average molecular weight is 307 g/mol. The predicted octanol–water partition coefficient (Wildman–Crippen LogP) is 1.67. The number of hydrogen-bond donors (Lipinski definition) is 1. The van der Waals surface area contributed by atoms with Gasteiger partial charge in [-0.15, -0.1) is 0 Å². The van der Waals surface area contributed by atoms with Crippen molar-refractivity contribution in [2.24, 2.45) is 0 Å². The lowest BCUT2D eigenvalue weighted by Crippen LogP contribution is -2.37. The van der Waals surface area contributed by atoms with Gasteiger partial charge in [-0.25, -0.2) is 4.98 Å². The maximum atomic E-state index is 11.9. The van der Waals surface area contributed by atoms with Gasteiger partial charge < -0.3 is 10.2 Å². The van der Waals surface area contributed by atoms with Crippen molar-refractivity contribution < 1.29 is 4.79 Å². The summed E-state index contributed by atoms with van der Waals surface area (Å²) in [6.07, 6.45) is 6.32. The summed E-state index contributed by atoms with van der Waals surface area (Å²) in [4.78, 5) is 18.6. The van der Waals surface area contributed by atoms with Gasteiger partial charge in [0.2, 0.25) is 5.91 Å². The Morgan fingerprint density at radius 3 is 2.86 bits per heavy atom. The van der Waals surface area contributed by atoms with E-state index < -0.39 is 0 Å². The lowest BCUT2D eigenvalue weighted by Gasteiger charge is -2.32. The average Bonchev–Trinajstić information content (AvgIpc) is 2.81. The molecular formula is C16H29N5O. The van der Waals surface area contributed by atoms with Gasteiger partial charge in [0.15, 0.2) is 0 Å². The van der Waals surface area contributed by atoms with Crippen molar-refractivity contribution in [3.05, 3.63) is 11.6 Å². The molecule has 2 heterocycles. The first-order chi connectivity index (χ1) is 10.6. The first-order valence-corrected chi connectivity index (χ1v) is 8.41. The van der Waals surface area contributed by atoms with Crippen molar-refractivity contribution in [3.8, 4) is 0 Å². The molecule has 0 aliphatic carbocycles. The van der Waals surface area contributed by atoms with Gasteiger partial charge >= 0.3 is 0 Å². The van der Waals surface area contributed by atoms with Gasteiger partial charge in [0, 0.05) is 25.6 Å². The topological polar surface area (TPSA) is 63.1 Å². The monoisotopic (exact) mass is 307 g/mol. The normalized spacial score (nSPS) is 19.3. The minimum atomic E-state index is 0.172. The largest absolute Gasteiger partial charge is 0.356 e. The second-order valence-electron chi connectivity index (χ2n) is 6.30. The van der Waals surface area contributed by atoms with Gasteiger partial charge in [-0.2, -0.15) is 5.10 Å². The van der Waals surface area contributed by atoms with Crippen LogP contribution >= 0.6 is 0 Å². The summed E-state index contributed by atoms with van der Waals surface area (Å²) in [7, 11) is 2.17. The van der Waals surface area contributed by atoms with E-state index in [2.05, 4.69) is 27.3 Å². The van der Waals surface area contributed by atoms with E-state index in [1.54, 1.807) is 0 Å². The molecule has 0 radical (unpaired) electrons. The quantitative estimate of drug-likeness (QED) is 0.778. The molecule has 0 saturated carbocycles. The summed E-state index contributed by atoms with van der Waals surface area (Å²) in [5.74, 6) is 1.91. The fourth-order valence-corrected chi connectivity index (χ4v) is 3.12. The summed E-state index contributed by atoms with van der Waals surface area (Å²) in [5.41, 5.74) is 0. The second-order valence-corrected chi connectivity index (χ2v) is 6.30. The molecule has 1 aromatic heterocycles. The maximum Gasteiger partial charge on any atom is 0.220 e. The molecule has 0 unspecified atom stereocenters. The molecule has 1 amide bonds. The summed E-state index contributed by atoms with van der Waals surface area (Å²) < 4.78 is 1.90. The van der Waals surface area contributed by atoms with Crippen molar-refractivity contribution in [2.45, 2.75) is 65.0 Å². The van der Waals surface area contributed by atoms with Crippen LogP contribution in [0.15, 0.2) is 0 Å². The van der Waals surface area contributed by atoms with E-state index in [0.29, 0.717) is 19.0 Å². The Hall–Kier alpha value is -1.43. The minimum Gasteiger partial charge on any atom is -0.356 e. The number of hydrogen-bond acceptors (Lipinski definition) is 4. The number of nitrogens with one attached hydrogen (secondary N) is 1. The molecule has 6 nitrogen and oxygen atoms in total. The molecule has 2 rings (SSSR count). The predicted molar refractivity (Wildman–Crippen MR) is 86.6 cm³/mol. The maximum absolute atomic E-state index is 11.9. The fraction of sp³-hybridized carbons (Fsp3) is 0.812. The number of aryl methyl sites for hydroxylation is 3. The van der Waals surface area contributed by atoms with E-state index in [1.807, 2.05) is 18.5 Å². The fourth-order valence-electron chi connectivity index (χ4n) is 3.12. The number of likely N-dealkylation sites (tertiary alicyclic amines) is 1. The van der Waals surface area contributed by atoms with E-state index in [4.69, 9.17) is 0 Å². The van der Waals surface area contributed by atoms with E-state index in [0.717, 1.165) is 31.0 Å². The molecule has 1 fully saturated rings. The summed E-state index contributed by atoms with van der Waals surface area (Å²) in [6.45, 7) is 6.53. The van der Waals surface area contributed by atoms with Crippen molar-refractivity contribution in [2.75, 3.05) is 20.1 Å². The SMILES string of the molecule is Cc1nc(C)n(CCCNC(=O)CC[C@H]2CCCCN2C)n1. The van der Waals surface area contributed by atoms with Gasteiger partial charge in [-0.1, -0.05) is 6.42 Å². The molecule has 1 aliphatic heterocycles. The molecule has 0 aromatic carbocycles. The van der Waals surface area contributed by atoms with Crippen molar-refractivity contribution in [3.63, 3.8) is 0 Å². The number of carbonyl (C=O) groups excluding carboxylic acids is 1. The number of aromatic nitrogens is 3. The Labute approximate surface area is 133 Å². The van der Waals surface area contributed by atoms with Gasteiger partial charge in [0.05, 0.1) is 0 Å². The third-order valence-corrected chi connectivity index (χ3v) is 4.46. The van der Waals surface area contributed by atoms with E-state index in [9.17, 15) is 4.79 Å². The van der Waals surface area contributed by atoms with Crippen LogP contribution in [0.3, 0.4) is 0 Å². The second kappa shape index (κ2) is 8.27.